The lowest BCUT2D eigenvalue weighted by Gasteiger charge is -2.08. The fourth-order valence-corrected chi connectivity index (χ4v) is 0.885. The fraction of sp³-hybridized carbons (Fsp3) is 0.429. The zero-order valence-corrected chi connectivity index (χ0v) is 7.00. The molecule has 0 saturated carbocycles. The van der Waals surface area contributed by atoms with E-state index in [-0.39, 0.29) is 11.7 Å². The third kappa shape index (κ3) is 1.39. The Morgan fingerprint density at radius 3 is 2.58 bits per heavy atom. The molecule has 1 aromatic rings. The van der Waals surface area contributed by atoms with Crippen molar-refractivity contribution >= 4 is 5.69 Å². The van der Waals surface area contributed by atoms with E-state index < -0.39 is 11.2 Å². The van der Waals surface area contributed by atoms with Crippen LogP contribution in [-0.2, 0) is 0 Å². The first-order chi connectivity index (χ1) is 5.52. The normalized spacial score (nSPS) is 10.6. The lowest BCUT2D eigenvalue weighted by molar-refractivity contribution is 0.563. The Bertz CT molecular complexity index is 388. The van der Waals surface area contributed by atoms with E-state index >= 15 is 0 Å². The summed E-state index contributed by atoms with van der Waals surface area (Å²) in [5.74, 6) is 0. The van der Waals surface area contributed by atoms with Gasteiger partial charge in [0, 0.05) is 12.2 Å². The van der Waals surface area contributed by atoms with Crippen LogP contribution >= 0.6 is 0 Å². The Labute approximate surface area is 68.8 Å². The summed E-state index contributed by atoms with van der Waals surface area (Å²) in [4.78, 5) is 24.0. The largest absolute Gasteiger partial charge is 0.393 e. The van der Waals surface area contributed by atoms with Crippen LogP contribution in [0, 0.1) is 0 Å². The molecule has 0 radical (unpaired) electrons. The molecule has 0 atom stereocenters. The van der Waals surface area contributed by atoms with Gasteiger partial charge in [-0.05, 0) is 13.8 Å². The van der Waals surface area contributed by atoms with Gasteiger partial charge in [0.15, 0.2) is 0 Å². The Hall–Kier alpha value is -1.52. The summed E-state index contributed by atoms with van der Waals surface area (Å²) < 4.78 is 1.37. The van der Waals surface area contributed by atoms with E-state index in [2.05, 4.69) is 4.98 Å². The first-order valence-electron chi connectivity index (χ1n) is 3.63. The lowest BCUT2D eigenvalue weighted by Crippen LogP contribution is -2.31. The number of anilines is 1. The molecule has 0 amide bonds. The van der Waals surface area contributed by atoms with E-state index in [1.165, 1.54) is 10.8 Å². The van der Waals surface area contributed by atoms with E-state index in [9.17, 15) is 9.59 Å². The SMILES string of the molecule is CC(C)n1cc(N)c(=O)[nH]c1=O. The van der Waals surface area contributed by atoms with Gasteiger partial charge in [-0.25, -0.2) is 4.79 Å². The van der Waals surface area contributed by atoms with Gasteiger partial charge in [0.25, 0.3) is 5.56 Å². The minimum absolute atomic E-state index is 0.00310. The monoisotopic (exact) mass is 169 g/mol. The van der Waals surface area contributed by atoms with Crippen LogP contribution in [0.4, 0.5) is 5.69 Å². The number of aromatic amines is 1. The molecule has 66 valence electrons. The molecule has 0 spiro atoms. The Balaban J connectivity index is 3.44. The smallest absolute Gasteiger partial charge is 0.328 e. The molecule has 1 aromatic heterocycles. The van der Waals surface area contributed by atoms with Crippen molar-refractivity contribution in [3.63, 3.8) is 0 Å². The standard InChI is InChI=1S/C7H11N3O2/c1-4(2)10-3-5(8)6(11)9-7(10)12/h3-4H,8H2,1-2H3,(H,9,11,12). The molecule has 1 rings (SSSR count). The summed E-state index contributed by atoms with van der Waals surface area (Å²) in [5, 5.41) is 0. The van der Waals surface area contributed by atoms with Crippen molar-refractivity contribution in [2.75, 3.05) is 5.73 Å². The highest BCUT2D eigenvalue weighted by Crippen LogP contribution is 1.98. The molecule has 0 aliphatic heterocycles. The molecular weight excluding hydrogens is 158 g/mol. The van der Waals surface area contributed by atoms with E-state index in [0.717, 1.165) is 0 Å². The maximum atomic E-state index is 11.1. The molecule has 5 heteroatoms. The van der Waals surface area contributed by atoms with Crippen molar-refractivity contribution < 1.29 is 0 Å². The lowest BCUT2D eigenvalue weighted by atomic mass is 10.4. The number of nitrogens with zero attached hydrogens (tertiary/aromatic N) is 1. The number of H-pyrrole nitrogens is 1. The summed E-state index contributed by atoms with van der Waals surface area (Å²) in [7, 11) is 0. The molecule has 0 saturated heterocycles. The minimum Gasteiger partial charge on any atom is -0.393 e. The van der Waals surface area contributed by atoms with Crippen LogP contribution in [-0.4, -0.2) is 9.55 Å². The van der Waals surface area contributed by atoms with Gasteiger partial charge in [0.05, 0.1) is 0 Å². The summed E-state index contributed by atoms with van der Waals surface area (Å²) in [6.07, 6.45) is 1.35. The van der Waals surface area contributed by atoms with Crippen LogP contribution in [0.3, 0.4) is 0 Å². The fourth-order valence-electron chi connectivity index (χ4n) is 0.885. The van der Waals surface area contributed by atoms with Crippen LogP contribution in [0.2, 0.25) is 0 Å². The van der Waals surface area contributed by atoms with Gasteiger partial charge in [0.1, 0.15) is 5.69 Å². The van der Waals surface area contributed by atoms with Crippen molar-refractivity contribution in [2.24, 2.45) is 0 Å². The van der Waals surface area contributed by atoms with Crippen molar-refractivity contribution in [3.05, 3.63) is 27.0 Å². The number of aromatic nitrogens is 2. The maximum Gasteiger partial charge on any atom is 0.328 e. The van der Waals surface area contributed by atoms with E-state index in [1.54, 1.807) is 0 Å². The van der Waals surface area contributed by atoms with Crippen molar-refractivity contribution in [3.8, 4) is 0 Å². The first-order valence-corrected chi connectivity index (χ1v) is 3.63. The van der Waals surface area contributed by atoms with Crippen molar-refractivity contribution in [1.29, 1.82) is 0 Å². The van der Waals surface area contributed by atoms with Gasteiger partial charge < -0.3 is 5.73 Å². The van der Waals surface area contributed by atoms with Crippen LogP contribution in [0.15, 0.2) is 15.8 Å². The molecule has 0 bridgehead atoms. The average molecular weight is 169 g/mol. The molecule has 0 aromatic carbocycles. The van der Waals surface area contributed by atoms with Gasteiger partial charge in [0.2, 0.25) is 0 Å². The zero-order chi connectivity index (χ0) is 9.30. The molecular formula is C7H11N3O2. The van der Waals surface area contributed by atoms with Crippen LogP contribution in [0.5, 0.6) is 0 Å². The maximum absolute atomic E-state index is 11.1. The second-order valence-corrected chi connectivity index (χ2v) is 2.84. The van der Waals surface area contributed by atoms with Gasteiger partial charge in [-0.15, -0.1) is 0 Å². The number of nitrogens with one attached hydrogen (secondary N) is 1. The van der Waals surface area contributed by atoms with Gasteiger partial charge in [-0.1, -0.05) is 0 Å². The molecule has 0 fully saturated rings. The number of hydrogen-bond donors (Lipinski definition) is 2. The Morgan fingerprint density at radius 1 is 1.50 bits per heavy atom. The molecule has 1 heterocycles. The molecule has 0 aliphatic carbocycles. The van der Waals surface area contributed by atoms with Crippen LogP contribution < -0.4 is 17.0 Å². The van der Waals surface area contributed by atoms with Crippen LogP contribution in [0.1, 0.15) is 19.9 Å². The van der Waals surface area contributed by atoms with Gasteiger partial charge in [-0.2, -0.15) is 0 Å². The van der Waals surface area contributed by atoms with E-state index in [1.807, 2.05) is 13.8 Å². The number of nitrogen functional groups attached to an aromatic ring is 1. The average Bonchev–Trinajstić information content (AvgIpc) is 1.96. The van der Waals surface area contributed by atoms with Crippen LogP contribution in [0.25, 0.3) is 0 Å². The quantitative estimate of drug-likeness (QED) is 0.605. The minimum atomic E-state index is -0.531. The Kier molecular flexibility index (Phi) is 2.03. The zero-order valence-electron chi connectivity index (χ0n) is 7.00. The second kappa shape index (κ2) is 2.84. The highest BCUT2D eigenvalue weighted by Gasteiger charge is 2.03. The van der Waals surface area contributed by atoms with E-state index in [0.29, 0.717) is 0 Å². The molecule has 5 nitrogen and oxygen atoms in total. The van der Waals surface area contributed by atoms with E-state index in [4.69, 9.17) is 5.73 Å². The second-order valence-electron chi connectivity index (χ2n) is 2.84. The summed E-state index contributed by atoms with van der Waals surface area (Å²) >= 11 is 0. The number of hydrogen-bond acceptors (Lipinski definition) is 3. The van der Waals surface area contributed by atoms with Gasteiger partial charge >= 0.3 is 5.69 Å². The highest BCUT2D eigenvalue weighted by molar-refractivity contribution is 5.30. The number of nitrogens with two attached hydrogens (primary N) is 1. The third-order valence-electron chi connectivity index (χ3n) is 1.55. The predicted octanol–water partition coefficient (Wildman–Crippen LogP) is -0.300. The Morgan fingerprint density at radius 2 is 2.08 bits per heavy atom. The molecule has 3 N–H and O–H groups in total. The molecule has 0 unspecified atom stereocenters. The van der Waals surface area contributed by atoms with Crippen molar-refractivity contribution in [1.82, 2.24) is 9.55 Å². The molecule has 0 aliphatic rings. The summed E-state index contributed by atoms with van der Waals surface area (Å²) in [6, 6.07) is -0.00310. The topological polar surface area (TPSA) is 80.9 Å². The first kappa shape index (κ1) is 8.58. The van der Waals surface area contributed by atoms with Gasteiger partial charge in [-0.3, -0.25) is 14.3 Å². The summed E-state index contributed by atoms with van der Waals surface area (Å²) in [6.45, 7) is 3.66. The highest BCUT2D eigenvalue weighted by atomic mass is 16.2. The number of rotatable bonds is 1. The van der Waals surface area contributed by atoms with Crippen molar-refractivity contribution in [2.45, 2.75) is 19.9 Å². The summed E-state index contributed by atoms with van der Waals surface area (Å²) in [5.41, 5.74) is 4.43. The predicted molar refractivity (Wildman–Crippen MR) is 46.1 cm³/mol. The molecule has 12 heavy (non-hydrogen) atoms. The third-order valence-corrected chi connectivity index (χ3v) is 1.55.